The summed E-state index contributed by atoms with van der Waals surface area (Å²) in [6.45, 7) is 7.18. The summed E-state index contributed by atoms with van der Waals surface area (Å²) < 4.78 is 5.36. The highest BCUT2D eigenvalue weighted by molar-refractivity contribution is 4.94. The molecule has 3 heteroatoms. The van der Waals surface area contributed by atoms with Gasteiger partial charge in [0.05, 0.1) is 6.61 Å². The van der Waals surface area contributed by atoms with Crippen LogP contribution in [-0.2, 0) is 14.5 Å². The van der Waals surface area contributed by atoms with Gasteiger partial charge in [0.25, 0.3) is 0 Å². The third-order valence-electron chi connectivity index (χ3n) is 3.39. The minimum Gasteiger partial charge on any atom is -0.350 e. The van der Waals surface area contributed by atoms with Crippen molar-refractivity contribution in [2.24, 2.45) is 5.41 Å². The second-order valence-electron chi connectivity index (χ2n) is 4.51. The second kappa shape index (κ2) is 2.44. The van der Waals surface area contributed by atoms with E-state index in [1.54, 1.807) is 0 Å². The molecule has 2 aliphatic rings. The van der Waals surface area contributed by atoms with Crippen LogP contribution < -0.4 is 0 Å². The van der Waals surface area contributed by atoms with E-state index in [-0.39, 0.29) is 17.3 Å². The zero-order valence-corrected chi connectivity index (χ0v) is 7.92. The van der Waals surface area contributed by atoms with Gasteiger partial charge in [0.15, 0.2) is 6.29 Å². The van der Waals surface area contributed by atoms with Gasteiger partial charge in [-0.2, -0.15) is 0 Å². The molecule has 2 aliphatic heterocycles. The Kier molecular flexibility index (Phi) is 1.72. The van der Waals surface area contributed by atoms with E-state index in [4.69, 9.17) is 14.5 Å². The average Bonchev–Trinajstić information content (AvgIpc) is 1.99. The topological polar surface area (TPSA) is 27.7 Å². The molecule has 2 heterocycles. The molecular weight excluding hydrogens is 156 g/mol. The lowest BCUT2D eigenvalue weighted by molar-refractivity contribution is -0.483. The zero-order valence-electron chi connectivity index (χ0n) is 7.92. The molecular formula is C9H16O3. The molecule has 0 amide bonds. The van der Waals surface area contributed by atoms with E-state index in [0.717, 1.165) is 19.4 Å². The number of rotatable bonds is 0. The summed E-state index contributed by atoms with van der Waals surface area (Å²) in [6.07, 6.45) is 1.86. The first-order valence-electron chi connectivity index (χ1n) is 4.50. The maximum atomic E-state index is 5.36. The molecule has 0 N–H and O–H groups in total. The highest BCUT2D eigenvalue weighted by Gasteiger charge is 2.51. The molecule has 2 atom stereocenters. The third kappa shape index (κ3) is 1.08. The first-order valence-corrected chi connectivity index (χ1v) is 4.50. The van der Waals surface area contributed by atoms with Crippen LogP contribution in [0.2, 0.25) is 0 Å². The highest BCUT2D eigenvalue weighted by atomic mass is 17.2. The van der Waals surface area contributed by atoms with Crippen LogP contribution in [0, 0.1) is 5.41 Å². The van der Waals surface area contributed by atoms with Gasteiger partial charge in [0.2, 0.25) is 0 Å². The van der Waals surface area contributed by atoms with Crippen molar-refractivity contribution in [3.63, 3.8) is 0 Å². The molecule has 12 heavy (non-hydrogen) atoms. The van der Waals surface area contributed by atoms with Gasteiger partial charge in [0, 0.05) is 11.8 Å². The quantitative estimate of drug-likeness (QED) is 0.522. The first kappa shape index (κ1) is 8.48. The van der Waals surface area contributed by atoms with Gasteiger partial charge in [-0.1, -0.05) is 6.92 Å². The fourth-order valence-corrected chi connectivity index (χ4v) is 1.83. The molecule has 0 saturated carbocycles. The number of hydrogen-bond acceptors (Lipinski definition) is 3. The number of hydrogen-bond donors (Lipinski definition) is 0. The minimum atomic E-state index is -0.187. The SMILES string of the molecule is CC1(C)OO[C@H]2C[C@]1(C)CCO2. The van der Waals surface area contributed by atoms with Crippen LogP contribution in [0.4, 0.5) is 0 Å². The molecule has 0 unspecified atom stereocenters. The molecule has 2 saturated heterocycles. The van der Waals surface area contributed by atoms with E-state index >= 15 is 0 Å². The largest absolute Gasteiger partial charge is 0.350 e. The van der Waals surface area contributed by atoms with Gasteiger partial charge in [-0.25, -0.2) is 9.78 Å². The van der Waals surface area contributed by atoms with Crippen molar-refractivity contribution in [1.29, 1.82) is 0 Å². The lowest BCUT2D eigenvalue weighted by Crippen LogP contribution is -2.54. The van der Waals surface area contributed by atoms with Gasteiger partial charge in [-0.05, 0) is 20.3 Å². The fourth-order valence-electron chi connectivity index (χ4n) is 1.83. The van der Waals surface area contributed by atoms with Crippen LogP contribution in [0.1, 0.15) is 33.6 Å². The van der Waals surface area contributed by atoms with Crippen molar-refractivity contribution in [1.82, 2.24) is 0 Å². The maximum absolute atomic E-state index is 5.36. The van der Waals surface area contributed by atoms with Crippen LogP contribution in [0.25, 0.3) is 0 Å². The molecule has 0 radical (unpaired) electrons. The predicted octanol–water partition coefficient (Wildman–Crippen LogP) is 1.87. The summed E-state index contributed by atoms with van der Waals surface area (Å²) in [5.41, 5.74) is 0.0153. The summed E-state index contributed by atoms with van der Waals surface area (Å²) in [5.74, 6) is 0. The average molecular weight is 172 g/mol. The van der Waals surface area contributed by atoms with Crippen molar-refractivity contribution in [3.05, 3.63) is 0 Å². The van der Waals surface area contributed by atoms with E-state index in [1.165, 1.54) is 0 Å². The minimum absolute atomic E-state index is 0.142. The molecule has 0 aromatic carbocycles. The van der Waals surface area contributed by atoms with E-state index in [1.807, 2.05) is 0 Å². The van der Waals surface area contributed by atoms with E-state index in [9.17, 15) is 0 Å². The van der Waals surface area contributed by atoms with Crippen LogP contribution >= 0.6 is 0 Å². The van der Waals surface area contributed by atoms with Gasteiger partial charge in [-0.15, -0.1) is 0 Å². The third-order valence-corrected chi connectivity index (χ3v) is 3.39. The first-order chi connectivity index (χ1) is 5.54. The van der Waals surface area contributed by atoms with Gasteiger partial charge >= 0.3 is 0 Å². The summed E-state index contributed by atoms with van der Waals surface area (Å²) in [7, 11) is 0. The van der Waals surface area contributed by atoms with E-state index < -0.39 is 0 Å². The maximum Gasteiger partial charge on any atom is 0.191 e. The molecule has 2 rings (SSSR count). The molecule has 0 aromatic heterocycles. The van der Waals surface area contributed by atoms with E-state index in [0.29, 0.717) is 0 Å². The molecule has 2 fully saturated rings. The van der Waals surface area contributed by atoms with Crippen LogP contribution in [0.5, 0.6) is 0 Å². The number of fused-ring (bicyclic) bond motifs is 2. The Morgan fingerprint density at radius 1 is 1.25 bits per heavy atom. The molecule has 70 valence electrons. The Hall–Kier alpha value is -0.120. The van der Waals surface area contributed by atoms with Gasteiger partial charge < -0.3 is 4.74 Å². The van der Waals surface area contributed by atoms with Crippen molar-refractivity contribution < 1.29 is 14.5 Å². The smallest absolute Gasteiger partial charge is 0.191 e. The Morgan fingerprint density at radius 2 is 2.00 bits per heavy atom. The predicted molar refractivity (Wildman–Crippen MR) is 43.3 cm³/mol. The van der Waals surface area contributed by atoms with Gasteiger partial charge in [0.1, 0.15) is 5.60 Å². The summed E-state index contributed by atoms with van der Waals surface area (Å²) >= 11 is 0. The monoisotopic (exact) mass is 172 g/mol. The van der Waals surface area contributed by atoms with Crippen molar-refractivity contribution in [2.75, 3.05) is 6.61 Å². The number of ether oxygens (including phenoxy) is 1. The molecule has 0 aliphatic carbocycles. The molecule has 0 spiro atoms. The Bertz CT molecular complexity index is 190. The standard InChI is InChI=1S/C9H16O3/c1-8(2)9(3)4-5-10-7(6-9)11-12-8/h7H,4-6H2,1-3H3/t7-,9-/m0/s1. The van der Waals surface area contributed by atoms with Crippen molar-refractivity contribution in [3.8, 4) is 0 Å². The molecule has 2 bridgehead atoms. The molecule has 0 aromatic rings. The zero-order chi connectivity index (χ0) is 8.82. The van der Waals surface area contributed by atoms with Crippen molar-refractivity contribution in [2.45, 2.75) is 45.5 Å². The van der Waals surface area contributed by atoms with E-state index in [2.05, 4.69) is 20.8 Å². The highest BCUT2D eigenvalue weighted by Crippen LogP contribution is 2.48. The fraction of sp³-hybridized carbons (Fsp3) is 1.00. The summed E-state index contributed by atoms with van der Waals surface area (Å²) in [6, 6.07) is 0. The second-order valence-corrected chi connectivity index (χ2v) is 4.51. The summed E-state index contributed by atoms with van der Waals surface area (Å²) in [4.78, 5) is 10.4. The van der Waals surface area contributed by atoms with Crippen molar-refractivity contribution >= 4 is 0 Å². The van der Waals surface area contributed by atoms with Crippen LogP contribution in [0.15, 0.2) is 0 Å². The molecule has 3 nitrogen and oxygen atoms in total. The van der Waals surface area contributed by atoms with Crippen LogP contribution in [-0.4, -0.2) is 18.5 Å². The van der Waals surface area contributed by atoms with Crippen LogP contribution in [0.3, 0.4) is 0 Å². The Morgan fingerprint density at radius 3 is 2.67 bits per heavy atom. The lowest BCUT2D eigenvalue weighted by atomic mass is 9.69. The lowest BCUT2D eigenvalue weighted by Gasteiger charge is -2.51. The summed E-state index contributed by atoms with van der Waals surface area (Å²) in [5, 5.41) is 0. The normalized spacial score (nSPS) is 45.8. The Balaban J connectivity index is 2.22. The van der Waals surface area contributed by atoms with Gasteiger partial charge in [-0.3, -0.25) is 0 Å². The Labute approximate surface area is 72.9 Å².